The Morgan fingerprint density at radius 2 is 1.87 bits per heavy atom. The van der Waals surface area contributed by atoms with E-state index in [1.165, 1.54) is 28.7 Å². The van der Waals surface area contributed by atoms with Gasteiger partial charge in [0.2, 0.25) is 0 Å². The average molecular weight is 416 g/mol. The van der Waals surface area contributed by atoms with E-state index in [4.69, 9.17) is 15.2 Å². The minimum atomic E-state index is -0.238. The topological polar surface area (TPSA) is 61.5 Å². The largest absolute Gasteiger partial charge is 0.489 e. The number of ether oxygens (including phenoxy) is 2. The molecule has 0 saturated heterocycles. The van der Waals surface area contributed by atoms with Gasteiger partial charge in [0.25, 0.3) is 0 Å². The van der Waals surface area contributed by atoms with Crippen molar-refractivity contribution < 1.29 is 14.3 Å². The maximum Gasteiger partial charge on any atom is 0.310 e. The van der Waals surface area contributed by atoms with Crippen LogP contribution in [0.4, 0.5) is 0 Å². The molecule has 0 saturated carbocycles. The van der Waals surface area contributed by atoms with E-state index < -0.39 is 0 Å². The van der Waals surface area contributed by atoms with Gasteiger partial charge in [0.1, 0.15) is 12.4 Å². The van der Waals surface area contributed by atoms with E-state index in [9.17, 15) is 4.79 Å². The van der Waals surface area contributed by atoms with Gasteiger partial charge >= 0.3 is 5.97 Å². The summed E-state index contributed by atoms with van der Waals surface area (Å²) >= 11 is 0. The molecule has 0 bridgehead atoms. The molecule has 0 aliphatic heterocycles. The van der Waals surface area contributed by atoms with E-state index in [-0.39, 0.29) is 12.4 Å². The van der Waals surface area contributed by atoms with Crippen LogP contribution < -0.4 is 10.5 Å². The third-order valence-electron chi connectivity index (χ3n) is 5.76. The zero-order valence-electron chi connectivity index (χ0n) is 18.0. The van der Waals surface area contributed by atoms with E-state index in [0.717, 1.165) is 35.3 Å². The van der Waals surface area contributed by atoms with Crippen LogP contribution in [0.2, 0.25) is 0 Å². The van der Waals surface area contributed by atoms with E-state index in [2.05, 4.69) is 36.4 Å². The van der Waals surface area contributed by atoms with Crippen molar-refractivity contribution in [2.24, 2.45) is 5.73 Å². The fraction of sp³-hybridized carbons (Fsp3) is 0.296. The van der Waals surface area contributed by atoms with Crippen molar-refractivity contribution in [2.75, 3.05) is 6.61 Å². The van der Waals surface area contributed by atoms with Crippen LogP contribution >= 0.6 is 0 Å². The van der Waals surface area contributed by atoms with E-state index >= 15 is 0 Å². The first kappa shape index (κ1) is 21.1. The molecule has 0 fully saturated rings. The van der Waals surface area contributed by atoms with Crippen LogP contribution in [0.5, 0.6) is 5.75 Å². The van der Waals surface area contributed by atoms with Crippen LogP contribution in [0.15, 0.2) is 60.7 Å². The molecule has 1 aliphatic carbocycles. The fourth-order valence-electron chi connectivity index (χ4n) is 4.30. The summed E-state index contributed by atoms with van der Waals surface area (Å²) in [5, 5.41) is 0. The SMILES string of the molecule is CCOC(=O)Cc1ccccc1OCc1cc2c(c(-c3cccc(CN)c3)c1)CCC2. The lowest BCUT2D eigenvalue weighted by atomic mass is 9.93. The number of rotatable bonds is 8. The highest BCUT2D eigenvalue weighted by Gasteiger charge is 2.18. The van der Waals surface area contributed by atoms with E-state index in [0.29, 0.717) is 19.8 Å². The fourth-order valence-corrected chi connectivity index (χ4v) is 4.30. The molecule has 4 rings (SSSR count). The summed E-state index contributed by atoms with van der Waals surface area (Å²) in [6.45, 7) is 3.19. The highest BCUT2D eigenvalue weighted by atomic mass is 16.5. The normalized spacial score (nSPS) is 12.5. The Morgan fingerprint density at radius 1 is 1.00 bits per heavy atom. The first-order valence-corrected chi connectivity index (χ1v) is 11.0. The van der Waals surface area contributed by atoms with Crippen LogP contribution in [-0.4, -0.2) is 12.6 Å². The zero-order chi connectivity index (χ0) is 21.6. The number of hydrogen-bond donors (Lipinski definition) is 1. The van der Waals surface area contributed by atoms with Gasteiger partial charge in [-0.1, -0.05) is 42.5 Å². The van der Waals surface area contributed by atoms with Gasteiger partial charge in [0, 0.05) is 12.1 Å². The van der Waals surface area contributed by atoms with Gasteiger partial charge in [-0.15, -0.1) is 0 Å². The minimum absolute atomic E-state index is 0.214. The monoisotopic (exact) mass is 415 g/mol. The van der Waals surface area contributed by atoms with Crippen LogP contribution in [0, 0.1) is 0 Å². The van der Waals surface area contributed by atoms with Gasteiger partial charge < -0.3 is 15.2 Å². The molecule has 2 N–H and O–H groups in total. The predicted molar refractivity (Wildman–Crippen MR) is 123 cm³/mol. The summed E-state index contributed by atoms with van der Waals surface area (Å²) in [5.74, 6) is 0.487. The van der Waals surface area contributed by atoms with Gasteiger partial charge in [-0.3, -0.25) is 4.79 Å². The lowest BCUT2D eigenvalue weighted by Crippen LogP contribution is -2.09. The number of benzene rings is 3. The quantitative estimate of drug-likeness (QED) is 0.527. The Labute approximate surface area is 184 Å². The van der Waals surface area contributed by atoms with Gasteiger partial charge in [-0.2, -0.15) is 0 Å². The Bertz CT molecular complexity index is 1070. The Hall–Kier alpha value is -3.11. The van der Waals surface area contributed by atoms with Crippen LogP contribution in [-0.2, 0) is 41.9 Å². The maximum atomic E-state index is 11.9. The zero-order valence-corrected chi connectivity index (χ0v) is 18.0. The number of esters is 1. The molecular weight excluding hydrogens is 386 g/mol. The number of nitrogens with two attached hydrogens (primary N) is 1. The van der Waals surface area contributed by atoms with Crippen LogP contribution in [0.1, 0.15) is 41.2 Å². The molecule has 4 heteroatoms. The average Bonchev–Trinajstić information content (AvgIpc) is 3.27. The third kappa shape index (κ3) is 4.97. The maximum absolute atomic E-state index is 11.9. The number of fused-ring (bicyclic) bond motifs is 1. The third-order valence-corrected chi connectivity index (χ3v) is 5.76. The summed E-state index contributed by atoms with van der Waals surface area (Å²) < 4.78 is 11.3. The standard InChI is InChI=1S/C27H29NO3/c1-2-30-27(29)16-23-8-3-4-12-26(23)31-18-20-14-21-10-6-11-24(21)25(15-20)22-9-5-7-19(13-22)17-28/h3-5,7-9,12-15H,2,6,10-11,16-18,28H2,1H3. The van der Waals surface area contributed by atoms with Gasteiger partial charge in [-0.05, 0) is 77.8 Å². The molecule has 4 nitrogen and oxygen atoms in total. The molecule has 160 valence electrons. The van der Waals surface area contributed by atoms with Gasteiger partial charge in [0.15, 0.2) is 0 Å². The van der Waals surface area contributed by atoms with Crippen molar-refractivity contribution in [1.82, 2.24) is 0 Å². The lowest BCUT2D eigenvalue weighted by molar-refractivity contribution is -0.142. The van der Waals surface area contributed by atoms with Crippen LogP contribution in [0.25, 0.3) is 11.1 Å². The Kier molecular flexibility index (Phi) is 6.68. The van der Waals surface area contributed by atoms with Gasteiger partial charge in [-0.25, -0.2) is 0 Å². The smallest absolute Gasteiger partial charge is 0.310 e. The number of hydrogen-bond acceptors (Lipinski definition) is 4. The minimum Gasteiger partial charge on any atom is -0.489 e. The first-order chi connectivity index (χ1) is 15.2. The molecule has 0 heterocycles. The van der Waals surface area contributed by atoms with Crippen molar-refractivity contribution in [3.05, 3.63) is 88.5 Å². The van der Waals surface area contributed by atoms with Crippen LogP contribution in [0.3, 0.4) is 0 Å². The number of carbonyl (C=O) groups excluding carboxylic acids is 1. The molecule has 3 aromatic rings. The van der Waals surface area contributed by atoms with Crippen molar-refractivity contribution in [2.45, 2.75) is 45.8 Å². The number of carbonyl (C=O) groups is 1. The van der Waals surface area contributed by atoms with Crippen molar-refractivity contribution in [1.29, 1.82) is 0 Å². The molecule has 1 aliphatic rings. The van der Waals surface area contributed by atoms with Crippen molar-refractivity contribution >= 4 is 5.97 Å². The van der Waals surface area contributed by atoms with Crippen molar-refractivity contribution in [3.8, 4) is 16.9 Å². The van der Waals surface area contributed by atoms with Crippen molar-refractivity contribution in [3.63, 3.8) is 0 Å². The second-order valence-corrected chi connectivity index (χ2v) is 7.92. The summed E-state index contributed by atoms with van der Waals surface area (Å²) in [4.78, 5) is 11.9. The van der Waals surface area contributed by atoms with E-state index in [1.807, 2.05) is 31.2 Å². The highest BCUT2D eigenvalue weighted by Crippen LogP contribution is 2.34. The Balaban J connectivity index is 1.59. The molecule has 0 amide bonds. The van der Waals surface area contributed by atoms with Gasteiger partial charge in [0.05, 0.1) is 13.0 Å². The second kappa shape index (κ2) is 9.80. The molecule has 0 radical (unpaired) electrons. The molecule has 0 unspecified atom stereocenters. The first-order valence-electron chi connectivity index (χ1n) is 11.0. The summed E-state index contributed by atoms with van der Waals surface area (Å²) in [6, 6.07) is 20.7. The highest BCUT2D eigenvalue weighted by molar-refractivity contribution is 5.73. The molecule has 0 atom stereocenters. The molecule has 31 heavy (non-hydrogen) atoms. The molecule has 0 spiro atoms. The number of aryl methyl sites for hydroxylation is 1. The summed E-state index contributed by atoms with van der Waals surface area (Å²) in [5.41, 5.74) is 14.3. The summed E-state index contributed by atoms with van der Waals surface area (Å²) in [7, 11) is 0. The predicted octanol–water partition coefficient (Wildman–Crippen LogP) is 4.99. The second-order valence-electron chi connectivity index (χ2n) is 7.92. The van der Waals surface area contributed by atoms with E-state index in [1.54, 1.807) is 0 Å². The summed E-state index contributed by atoms with van der Waals surface area (Å²) in [6.07, 6.45) is 3.62. The molecule has 0 aromatic heterocycles. The molecule has 3 aromatic carbocycles. The number of para-hydroxylation sites is 1. The Morgan fingerprint density at radius 3 is 2.71 bits per heavy atom. The lowest BCUT2D eigenvalue weighted by Gasteiger charge is -2.15. The molecular formula is C27H29NO3.